The minimum atomic E-state index is 0.526. The molecule has 68 valence electrons. The van der Waals surface area contributed by atoms with E-state index >= 15 is 0 Å². The minimum Gasteiger partial charge on any atom is -0.304 e. The predicted molar refractivity (Wildman–Crippen MR) is 54.0 cm³/mol. The van der Waals surface area contributed by atoms with Crippen LogP contribution in [0.2, 0.25) is 0 Å². The molecule has 0 amide bonds. The number of fused-ring (bicyclic) bond motifs is 1. The molecule has 0 aromatic carbocycles. The Morgan fingerprint density at radius 3 is 2.85 bits per heavy atom. The Kier molecular flexibility index (Phi) is 1.83. The Bertz CT molecular complexity index is 427. The smallest absolute Gasteiger partial charge is 0.137 e. The third-order valence-electron chi connectivity index (χ3n) is 2.29. The van der Waals surface area contributed by atoms with Crippen molar-refractivity contribution in [3.8, 4) is 0 Å². The van der Waals surface area contributed by atoms with Crippen LogP contribution in [-0.2, 0) is 0 Å². The molecular weight excluding hydrogens is 160 g/mol. The van der Waals surface area contributed by atoms with E-state index in [1.54, 1.807) is 0 Å². The fraction of sp³-hybridized carbons (Fsp3) is 0.364. The van der Waals surface area contributed by atoms with E-state index in [1.807, 2.05) is 6.20 Å². The van der Waals surface area contributed by atoms with Gasteiger partial charge in [0.1, 0.15) is 5.65 Å². The number of imidazole rings is 1. The van der Waals surface area contributed by atoms with Gasteiger partial charge in [-0.1, -0.05) is 13.8 Å². The lowest BCUT2D eigenvalue weighted by molar-refractivity contribution is 0.808. The predicted octanol–water partition coefficient (Wildman–Crippen LogP) is 2.77. The van der Waals surface area contributed by atoms with E-state index in [0.29, 0.717) is 5.92 Å². The molecule has 2 heteroatoms. The van der Waals surface area contributed by atoms with Gasteiger partial charge in [0.15, 0.2) is 0 Å². The second kappa shape index (κ2) is 2.87. The zero-order valence-corrected chi connectivity index (χ0v) is 8.28. The zero-order chi connectivity index (χ0) is 9.42. The number of hydrogen-bond donors (Lipinski definition) is 0. The fourth-order valence-corrected chi connectivity index (χ4v) is 1.53. The van der Waals surface area contributed by atoms with Gasteiger partial charge in [-0.15, -0.1) is 0 Å². The first-order valence-electron chi connectivity index (χ1n) is 4.62. The summed E-state index contributed by atoms with van der Waals surface area (Å²) in [4.78, 5) is 4.36. The van der Waals surface area contributed by atoms with Crippen molar-refractivity contribution in [1.82, 2.24) is 9.38 Å². The van der Waals surface area contributed by atoms with Crippen molar-refractivity contribution in [2.24, 2.45) is 0 Å². The second-order valence-electron chi connectivity index (χ2n) is 3.77. The van der Waals surface area contributed by atoms with Gasteiger partial charge < -0.3 is 4.40 Å². The Labute approximate surface area is 78.2 Å². The highest BCUT2D eigenvalue weighted by Gasteiger charge is 2.05. The van der Waals surface area contributed by atoms with Crippen LogP contribution >= 0.6 is 0 Å². The molecule has 0 bridgehead atoms. The van der Waals surface area contributed by atoms with E-state index in [1.165, 1.54) is 11.3 Å². The number of nitrogens with zero attached hydrogens (tertiary/aromatic N) is 2. The van der Waals surface area contributed by atoms with Crippen LogP contribution in [0.5, 0.6) is 0 Å². The topological polar surface area (TPSA) is 17.3 Å². The molecule has 2 rings (SSSR count). The van der Waals surface area contributed by atoms with Crippen molar-refractivity contribution in [3.63, 3.8) is 0 Å². The molecule has 0 saturated heterocycles. The maximum atomic E-state index is 4.36. The molecule has 2 aromatic rings. The molecule has 0 aliphatic heterocycles. The maximum Gasteiger partial charge on any atom is 0.137 e. The Hall–Kier alpha value is -1.31. The van der Waals surface area contributed by atoms with Crippen LogP contribution in [0.3, 0.4) is 0 Å². The van der Waals surface area contributed by atoms with Gasteiger partial charge >= 0.3 is 0 Å². The summed E-state index contributed by atoms with van der Waals surface area (Å²) in [6.45, 7) is 6.45. The summed E-state index contributed by atoms with van der Waals surface area (Å²) in [5, 5.41) is 0. The molecule has 13 heavy (non-hydrogen) atoms. The van der Waals surface area contributed by atoms with E-state index in [-0.39, 0.29) is 0 Å². The van der Waals surface area contributed by atoms with Crippen LogP contribution in [0.15, 0.2) is 24.5 Å². The van der Waals surface area contributed by atoms with Crippen molar-refractivity contribution in [2.45, 2.75) is 26.7 Å². The molecule has 0 radical (unpaired) electrons. The fourth-order valence-electron chi connectivity index (χ4n) is 1.53. The summed E-state index contributed by atoms with van der Waals surface area (Å²) in [7, 11) is 0. The molecule has 0 fully saturated rings. The summed E-state index contributed by atoms with van der Waals surface area (Å²) >= 11 is 0. The van der Waals surface area contributed by atoms with Crippen LogP contribution < -0.4 is 0 Å². The molecule has 0 unspecified atom stereocenters. The standard InChI is InChI=1S/C11H14N2/c1-8(2)10-7-12-11-6-9(3)4-5-13(10)11/h4-8H,1-3H3. The van der Waals surface area contributed by atoms with Gasteiger partial charge in [0, 0.05) is 18.1 Å². The maximum absolute atomic E-state index is 4.36. The first-order valence-corrected chi connectivity index (χ1v) is 4.62. The summed E-state index contributed by atoms with van der Waals surface area (Å²) < 4.78 is 2.15. The van der Waals surface area contributed by atoms with Gasteiger partial charge in [0.05, 0.1) is 0 Å². The van der Waals surface area contributed by atoms with E-state index in [4.69, 9.17) is 0 Å². The van der Waals surface area contributed by atoms with Crippen molar-refractivity contribution in [2.75, 3.05) is 0 Å². The lowest BCUT2D eigenvalue weighted by Crippen LogP contribution is -1.94. The van der Waals surface area contributed by atoms with Gasteiger partial charge in [-0.25, -0.2) is 4.98 Å². The van der Waals surface area contributed by atoms with E-state index in [2.05, 4.69) is 48.5 Å². The lowest BCUT2D eigenvalue weighted by Gasteiger charge is -2.04. The van der Waals surface area contributed by atoms with Crippen LogP contribution in [-0.4, -0.2) is 9.38 Å². The Morgan fingerprint density at radius 2 is 2.15 bits per heavy atom. The monoisotopic (exact) mass is 174 g/mol. The summed E-state index contributed by atoms with van der Waals surface area (Å²) in [6.07, 6.45) is 4.05. The number of hydrogen-bond acceptors (Lipinski definition) is 1. The van der Waals surface area contributed by atoms with Gasteiger partial charge in [-0.05, 0) is 30.5 Å². The Morgan fingerprint density at radius 1 is 1.38 bits per heavy atom. The van der Waals surface area contributed by atoms with Gasteiger partial charge in [-0.2, -0.15) is 0 Å². The molecule has 0 aliphatic carbocycles. The molecule has 2 aromatic heterocycles. The van der Waals surface area contributed by atoms with Crippen LogP contribution in [0, 0.1) is 6.92 Å². The zero-order valence-electron chi connectivity index (χ0n) is 8.28. The number of aryl methyl sites for hydroxylation is 1. The molecule has 0 spiro atoms. The minimum absolute atomic E-state index is 0.526. The Balaban J connectivity index is 2.69. The first kappa shape index (κ1) is 8.30. The molecule has 0 aliphatic rings. The second-order valence-corrected chi connectivity index (χ2v) is 3.77. The number of rotatable bonds is 1. The highest BCUT2D eigenvalue weighted by molar-refractivity contribution is 5.43. The summed E-state index contributed by atoms with van der Waals surface area (Å²) in [5.74, 6) is 0.526. The highest BCUT2D eigenvalue weighted by atomic mass is 15.0. The van der Waals surface area contributed by atoms with Gasteiger partial charge in [0.25, 0.3) is 0 Å². The van der Waals surface area contributed by atoms with E-state index < -0.39 is 0 Å². The lowest BCUT2D eigenvalue weighted by atomic mass is 10.1. The van der Waals surface area contributed by atoms with Gasteiger partial charge in [0.2, 0.25) is 0 Å². The molecule has 2 heterocycles. The normalized spacial score (nSPS) is 11.4. The molecular formula is C11H14N2. The van der Waals surface area contributed by atoms with Crippen molar-refractivity contribution in [1.29, 1.82) is 0 Å². The van der Waals surface area contributed by atoms with Crippen molar-refractivity contribution < 1.29 is 0 Å². The van der Waals surface area contributed by atoms with Crippen LogP contribution in [0.25, 0.3) is 5.65 Å². The quantitative estimate of drug-likeness (QED) is 0.649. The van der Waals surface area contributed by atoms with Crippen LogP contribution in [0.4, 0.5) is 0 Å². The largest absolute Gasteiger partial charge is 0.304 e. The number of pyridine rings is 1. The first-order chi connectivity index (χ1) is 6.18. The average molecular weight is 174 g/mol. The molecule has 2 nitrogen and oxygen atoms in total. The highest BCUT2D eigenvalue weighted by Crippen LogP contribution is 2.16. The third-order valence-corrected chi connectivity index (χ3v) is 2.29. The SMILES string of the molecule is Cc1ccn2c(C(C)C)cnc2c1. The molecule has 0 atom stereocenters. The number of aromatic nitrogens is 2. The third kappa shape index (κ3) is 1.32. The summed E-state index contributed by atoms with van der Waals surface area (Å²) in [6, 6.07) is 4.21. The van der Waals surface area contributed by atoms with E-state index in [9.17, 15) is 0 Å². The van der Waals surface area contributed by atoms with Crippen LogP contribution in [0.1, 0.15) is 31.0 Å². The van der Waals surface area contributed by atoms with Crippen molar-refractivity contribution in [3.05, 3.63) is 35.8 Å². The molecule has 0 saturated carbocycles. The van der Waals surface area contributed by atoms with Gasteiger partial charge in [-0.3, -0.25) is 0 Å². The summed E-state index contributed by atoms with van der Waals surface area (Å²) in [5.41, 5.74) is 3.58. The van der Waals surface area contributed by atoms with E-state index in [0.717, 1.165) is 5.65 Å². The van der Waals surface area contributed by atoms with Crippen molar-refractivity contribution >= 4 is 5.65 Å². The molecule has 0 N–H and O–H groups in total. The average Bonchev–Trinajstić information content (AvgIpc) is 2.46.